The molecule has 22 heavy (non-hydrogen) atoms. The Kier molecular flexibility index (Phi) is 4.57. The van der Waals surface area contributed by atoms with E-state index in [9.17, 15) is 9.90 Å². The van der Waals surface area contributed by atoms with E-state index in [1.54, 1.807) is 24.4 Å². The van der Waals surface area contributed by atoms with Crippen LogP contribution in [0.1, 0.15) is 27.3 Å². The number of thiocarbonyl (C=S) groups is 1. The molecule has 0 aliphatic carbocycles. The molecule has 0 radical (unpaired) electrons. The zero-order chi connectivity index (χ0) is 16.3. The third-order valence-corrected chi connectivity index (χ3v) is 3.32. The summed E-state index contributed by atoms with van der Waals surface area (Å²) >= 11 is 4.68. The van der Waals surface area contributed by atoms with Crippen LogP contribution in [-0.4, -0.2) is 27.0 Å². The average Bonchev–Trinajstić information content (AvgIpc) is 2.73. The number of para-hydroxylation sites is 1. The molecule has 1 aromatic carbocycles. The quantitative estimate of drug-likeness (QED) is 0.455. The molecule has 0 aliphatic heterocycles. The van der Waals surface area contributed by atoms with Gasteiger partial charge in [-0.1, -0.05) is 12.1 Å². The van der Waals surface area contributed by atoms with Crippen LogP contribution in [0.25, 0.3) is 5.69 Å². The second-order valence-corrected chi connectivity index (χ2v) is 5.16. The van der Waals surface area contributed by atoms with Gasteiger partial charge in [0, 0.05) is 17.0 Å². The number of carboxylic acids is 1. The molecule has 0 saturated heterocycles. The summed E-state index contributed by atoms with van der Waals surface area (Å²) in [6, 6.07) is 8.79. The van der Waals surface area contributed by atoms with Gasteiger partial charge < -0.3 is 15.4 Å². The van der Waals surface area contributed by atoms with Crippen LogP contribution in [0, 0.1) is 13.8 Å². The van der Waals surface area contributed by atoms with Gasteiger partial charge in [-0.05, 0) is 44.3 Å². The van der Waals surface area contributed by atoms with Gasteiger partial charge in [-0.15, -0.1) is 0 Å². The summed E-state index contributed by atoms with van der Waals surface area (Å²) in [5.74, 6) is -0.964. The van der Waals surface area contributed by atoms with Crippen molar-refractivity contribution in [3.63, 3.8) is 0 Å². The molecule has 0 amide bonds. The average molecular weight is 316 g/mol. The molecule has 114 valence electrons. The first-order chi connectivity index (χ1) is 10.4. The predicted octanol–water partition coefficient (Wildman–Crippen LogP) is 1.96. The van der Waals surface area contributed by atoms with E-state index in [2.05, 4.69) is 22.7 Å². The van der Waals surface area contributed by atoms with Gasteiger partial charge in [0.25, 0.3) is 0 Å². The van der Waals surface area contributed by atoms with E-state index in [0.29, 0.717) is 5.69 Å². The fourth-order valence-corrected chi connectivity index (χ4v) is 2.36. The predicted molar refractivity (Wildman–Crippen MR) is 89.7 cm³/mol. The Hall–Kier alpha value is -2.67. The van der Waals surface area contributed by atoms with Gasteiger partial charge >= 0.3 is 5.97 Å². The molecular weight excluding hydrogens is 300 g/mol. The lowest BCUT2D eigenvalue weighted by Crippen LogP contribution is -2.24. The number of nitrogens with two attached hydrogens (primary N) is 1. The normalized spacial score (nSPS) is 10.8. The number of hydrogen-bond acceptors (Lipinski definition) is 3. The van der Waals surface area contributed by atoms with Crippen LogP contribution < -0.4 is 11.2 Å². The van der Waals surface area contributed by atoms with Crippen molar-refractivity contribution in [3.05, 3.63) is 52.8 Å². The molecule has 4 N–H and O–H groups in total. The van der Waals surface area contributed by atoms with Gasteiger partial charge in [-0.2, -0.15) is 5.10 Å². The van der Waals surface area contributed by atoms with E-state index < -0.39 is 5.97 Å². The van der Waals surface area contributed by atoms with Gasteiger partial charge in [0.05, 0.1) is 17.5 Å². The third-order valence-electron chi connectivity index (χ3n) is 3.22. The summed E-state index contributed by atoms with van der Waals surface area (Å²) in [6.07, 6.45) is 1.60. The molecule has 0 fully saturated rings. The second-order valence-electron chi connectivity index (χ2n) is 4.72. The fraction of sp³-hybridized carbons (Fsp3) is 0.133. The number of hydrazone groups is 1. The standard InChI is InChI=1S/C15H16N4O2S/c1-9-7-11(8-17-18-15(16)22)10(2)19(9)13-6-4-3-5-12(13)14(20)21/h3-8H,1-2H3,(H,20,21)(H3,16,18,22)/b17-8+. The van der Waals surface area contributed by atoms with Gasteiger partial charge in [0.1, 0.15) is 0 Å². The fourth-order valence-electron chi connectivity index (χ4n) is 2.30. The summed E-state index contributed by atoms with van der Waals surface area (Å²) in [5, 5.41) is 13.4. The van der Waals surface area contributed by atoms with Gasteiger partial charge in [-0.3, -0.25) is 5.43 Å². The molecule has 0 atom stereocenters. The van der Waals surface area contributed by atoms with Crippen molar-refractivity contribution >= 4 is 29.5 Å². The number of rotatable bonds is 4. The van der Waals surface area contributed by atoms with Gasteiger partial charge in [0.2, 0.25) is 0 Å². The van der Waals surface area contributed by atoms with E-state index in [1.165, 1.54) is 0 Å². The third kappa shape index (κ3) is 3.15. The summed E-state index contributed by atoms with van der Waals surface area (Å²) < 4.78 is 1.88. The summed E-state index contributed by atoms with van der Waals surface area (Å²) in [4.78, 5) is 11.4. The number of aromatic nitrogens is 1. The Morgan fingerprint density at radius 1 is 1.41 bits per heavy atom. The first kappa shape index (κ1) is 15.7. The molecule has 0 unspecified atom stereocenters. The Balaban J connectivity index is 2.50. The number of carboxylic acid groups (broad SMARTS) is 1. The molecule has 0 aliphatic rings. The lowest BCUT2D eigenvalue weighted by Gasteiger charge is -2.12. The Morgan fingerprint density at radius 2 is 2.09 bits per heavy atom. The molecule has 0 saturated carbocycles. The highest BCUT2D eigenvalue weighted by atomic mass is 32.1. The number of nitrogens with zero attached hydrogens (tertiary/aromatic N) is 2. The molecule has 2 aromatic rings. The summed E-state index contributed by atoms with van der Waals surface area (Å²) in [7, 11) is 0. The lowest BCUT2D eigenvalue weighted by molar-refractivity contribution is 0.0697. The van der Waals surface area contributed by atoms with E-state index >= 15 is 0 Å². The molecular formula is C15H16N4O2S. The Bertz CT molecular complexity index is 765. The highest BCUT2D eigenvalue weighted by Crippen LogP contribution is 2.22. The maximum absolute atomic E-state index is 11.4. The topological polar surface area (TPSA) is 92.6 Å². The van der Waals surface area contributed by atoms with Crippen LogP contribution in [0.5, 0.6) is 0 Å². The first-order valence-electron chi connectivity index (χ1n) is 6.52. The largest absolute Gasteiger partial charge is 0.478 e. The maximum Gasteiger partial charge on any atom is 0.337 e. The van der Waals surface area contributed by atoms with Crippen LogP contribution >= 0.6 is 12.2 Å². The molecule has 1 heterocycles. The smallest absolute Gasteiger partial charge is 0.337 e. The van der Waals surface area contributed by atoms with Crippen molar-refractivity contribution in [1.29, 1.82) is 0 Å². The van der Waals surface area contributed by atoms with Crippen LogP contribution in [0.2, 0.25) is 0 Å². The summed E-state index contributed by atoms with van der Waals surface area (Å²) in [5.41, 5.74) is 11.3. The van der Waals surface area contributed by atoms with Crippen molar-refractivity contribution < 1.29 is 9.90 Å². The second kappa shape index (κ2) is 6.40. The molecule has 1 aromatic heterocycles. The number of nitrogens with one attached hydrogen (secondary N) is 1. The zero-order valence-electron chi connectivity index (χ0n) is 12.2. The minimum Gasteiger partial charge on any atom is -0.478 e. The van der Waals surface area contributed by atoms with E-state index in [0.717, 1.165) is 17.0 Å². The number of aromatic carboxylic acids is 1. The van der Waals surface area contributed by atoms with Crippen molar-refractivity contribution in [1.82, 2.24) is 9.99 Å². The Morgan fingerprint density at radius 3 is 2.73 bits per heavy atom. The Labute approximate surface area is 133 Å². The highest BCUT2D eigenvalue weighted by molar-refractivity contribution is 7.80. The number of benzene rings is 1. The van der Waals surface area contributed by atoms with Gasteiger partial charge in [-0.25, -0.2) is 4.79 Å². The molecule has 2 rings (SSSR count). The van der Waals surface area contributed by atoms with Crippen molar-refractivity contribution in [2.45, 2.75) is 13.8 Å². The van der Waals surface area contributed by atoms with Crippen molar-refractivity contribution in [2.24, 2.45) is 10.8 Å². The zero-order valence-corrected chi connectivity index (χ0v) is 13.0. The highest BCUT2D eigenvalue weighted by Gasteiger charge is 2.15. The van der Waals surface area contributed by atoms with Crippen molar-refractivity contribution in [3.8, 4) is 5.69 Å². The van der Waals surface area contributed by atoms with Crippen molar-refractivity contribution in [2.75, 3.05) is 0 Å². The number of aryl methyl sites for hydroxylation is 1. The molecule has 0 spiro atoms. The van der Waals surface area contributed by atoms with E-state index in [-0.39, 0.29) is 10.7 Å². The maximum atomic E-state index is 11.4. The SMILES string of the molecule is Cc1cc(/C=N/NC(N)=S)c(C)n1-c1ccccc1C(=O)O. The van der Waals surface area contributed by atoms with Crippen LogP contribution in [0.3, 0.4) is 0 Å². The summed E-state index contributed by atoms with van der Waals surface area (Å²) in [6.45, 7) is 3.80. The molecule has 7 heteroatoms. The van der Waals surface area contributed by atoms with Crippen LogP contribution in [0.15, 0.2) is 35.4 Å². The molecule has 6 nitrogen and oxygen atoms in total. The van der Waals surface area contributed by atoms with Crippen LogP contribution in [0.4, 0.5) is 0 Å². The minimum atomic E-state index is -0.964. The van der Waals surface area contributed by atoms with Gasteiger partial charge in [0.15, 0.2) is 5.11 Å². The first-order valence-corrected chi connectivity index (χ1v) is 6.92. The number of carbonyl (C=O) groups is 1. The van der Waals surface area contributed by atoms with Crippen LogP contribution in [-0.2, 0) is 0 Å². The lowest BCUT2D eigenvalue weighted by atomic mass is 10.1. The minimum absolute atomic E-state index is 0.0845. The number of hydrogen-bond donors (Lipinski definition) is 3. The van der Waals surface area contributed by atoms with E-state index in [1.807, 2.05) is 30.5 Å². The monoisotopic (exact) mass is 316 g/mol. The molecule has 0 bridgehead atoms. The van der Waals surface area contributed by atoms with E-state index in [4.69, 9.17) is 5.73 Å².